The largest absolute Gasteiger partial charge is 0.340 e. The number of aromatic nitrogens is 2. The number of rotatable bonds is 5. The first-order chi connectivity index (χ1) is 9.37. The van der Waals surface area contributed by atoms with E-state index < -0.39 is 10.0 Å². The van der Waals surface area contributed by atoms with Crippen LogP contribution >= 0.6 is 23.2 Å². The summed E-state index contributed by atoms with van der Waals surface area (Å²) in [6.07, 6.45) is 0. The van der Waals surface area contributed by atoms with E-state index in [4.69, 9.17) is 27.7 Å². The highest BCUT2D eigenvalue weighted by Crippen LogP contribution is 2.24. The summed E-state index contributed by atoms with van der Waals surface area (Å²) in [5, 5.41) is 4.33. The van der Waals surface area contributed by atoms with Crippen molar-refractivity contribution in [3.8, 4) is 0 Å². The maximum atomic E-state index is 11.9. The molecule has 0 aliphatic carbocycles. The molecule has 0 fully saturated rings. The normalized spacial score (nSPS) is 11.8. The fraction of sp³-hybridized carbons (Fsp3) is 0.273. The standard InChI is InChI=1S/C11H11Cl2N3O3S/c1-7-15-11(16-19-7)6-20(17,18)14-5-8-9(12)3-2-4-10(8)13/h2-4,14H,5-6H2,1H3. The van der Waals surface area contributed by atoms with Crippen LogP contribution in [0.25, 0.3) is 0 Å². The van der Waals surface area contributed by atoms with Gasteiger partial charge in [0.05, 0.1) is 0 Å². The Morgan fingerprint density at radius 1 is 1.30 bits per heavy atom. The summed E-state index contributed by atoms with van der Waals surface area (Å²) in [6, 6.07) is 4.96. The second-order valence-electron chi connectivity index (χ2n) is 4.01. The molecule has 0 bridgehead atoms. The fourth-order valence-corrected chi connectivity index (χ4v) is 2.96. The Bertz CT molecular complexity index is 695. The van der Waals surface area contributed by atoms with Crippen molar-refractivity contribution >= 4 is 33.2 Å². The third-order valence-corrected chi connectivity index (χ3v) is 4.35. The molecule has 1 aromatic carbocycles. The molecule has 0 spiro atoms. The first-order valence-corrected chi connectivity index (χ1v) is 7.97. The van der Waals surface area contributed by atoms with Gasteiger partial charge in [-0.25, -0.2) is 13.1 Å². The molecule has 2 rings (SSSR count). The molecule has 1 heterocycles. The maximum absolute atomic E-state index is 11.9. The number of nitrogens with one attached hydrogen (secondary N) is 1. The van der Waals surface area contributed by atoms with Crippen molar-refractivity contribution in [2.24, 2.45) is 0 Å². The summed E-state index contributed by atoms with van der Waals surface area (Å²) in [5.74, 6) is 0.0384. The van der Waals surface area contributed by atoms with Crippen molar-refractivity contribution in [3.63, 3.8) is 0 Å². The summed E-state index contributed by atoms with van der Waals surface area (Å²) in [7, 11) is -3.61. The molecule has 2 aromatic rings. The molecule has 9 heteroatoms. The molecule has 1 N–H and O–H groups in total. The Hall–Kier alpha value is -1.15. The van der Waals surface area contributed by atoms with Gasteiger partial charge >= 0.3 is 0 Å². The van der Waals surface area contributed by atoms with Gasteiger partial charge in [0.1, 0.15) is 5.75 Å². The number of halogens is 2. The van der Waals surface area contributed by atoms with Crippen LogP contribution in [-0.2, 0) is 22.3 Å². The number of nitrogens with zero attached hydrogens (tertiary/aromatic N) is 2. The molecule has 0 aliphatic heterocycles. The molecule has 0 unspecified atom stereocenters. The van der Waals surface area contributed by atoms with Gasteiger partial charge in [-0.05, 0) is 12.1 Å². The van der Waals surface area contributed by atoms with E-state index in [9.17, 15) is 8.42 Å². The van der Waals surface area contributed by atoms with Crippen LogP contribution in [0.3, 0.4) is 0 Å². The number of aryl methyl sites for hydroxylation is 1. The van der Waals surface area contributed by atoms with Gasteiger partial charge in [-0.3, -0.25) is 0 Å². The second-order valence-corrected chi connectivity index (χ2v) is 6.63. The van der Waals surface area contributed by atoms with E-state index in [1.807, 2.05) is 0 Å². The summed E-state index contributed by atoms with van der Waals surface area (Å²) < 4.78 is 30.9. The third kappa shape index (κ3) is 3.92. The third-order valence-electron chi connectivity index (χ3n) is 2.42. The second kappa shape index (κ2) is 6.09. The van der Waals surface area contributed by atoms with Gasteiger partial charge in [-0.15, -0.1) is 0 Å². The van der Waals surface area contributed by atoms with Crippen molar-refractivity contribution < 1.29 is 12.9 Å². The lowest BCUT2D eigenvalue weighted by Gasteiger charge is -2.08. The summed E-state index contributed by atoms with van der Waals surface area (Å²) in [6.45, 7) is 1.58. The average molecular weight is 336 g/mol. The lowest BCUT2D eigenvalue weighted by Crippen LogP contribution is -2.25. The molecule has 108 valence electrons. The van der Waals surface area contributed by atoms with Gasteiger partial charge in [0.25, 0.3) is 0 Å². The summed E-state index contributed by atoms with van der Waals surface area (Å²) in [5.41, 5.74) is 0.517. The van der Waals surface area contributed by atoms with E-state index in [1.165, 1.54) is 0 Å². The highest BCUT2D eigenvalue weighted by Gasteiger charge is 2.17. The Labute approximate surface area is 126 Å². The van der Waals surface area contributed by atoms with Gasteiger partial charge in [-0.2, -0.15) is 4.98 Å². The first kappa shape index (κ1) is 15.2. The molecular weight excluding hydrogens is 325 g/mol. The Balaban J connectivity index is 2.06. The number of hydrogen-bond acceptors (Lipinski definition) is 5. The van der Waals surface area contributed by atoms with E-state index in [-0.39, 0.29) is 18.1 Å². The van der Waals surface area contributed by atoms with E-state index in [1.54, 1.807) is 25.1 Å². The highest BCUT2D eigenvalue weighted by molar-refractivity contribution is 7.88. The molecule has 0 saturated heterocycles. The van der Waals surface area contributed by atoms with Gasteiger partial charge in [0, 0.05) is 29.1 Å². The van der Waals surface area contributed by atoms with Crippen molar-refractivity contribution in [2.45, 2.75) is 19.2 Å². The number of hydrogen-bond donors (Lipinski definition) is 1. The van der Waals surface area contributed by atoms with Crippen molar-refractivity contribution in [1.82, 2.24) is 14.9 Å². The predicted octanol–water partition coefficient (Wildman–Crippen LogP) is 2.30. The molecule has 0 radical (unpaired) electrons. The average Bonchev–Trinajstić information content (AvgIpc) is 2.73. The van der Waals surface area contributed by atoms with E-state index in [2.05, 4.69) is 14.9 Å². The Kier molecular flexibility index (Phi) is 4.64. The quantitative estimate of drug-likeness (QED) is 0.906. The molecule has 20 heavy (non-hydrogen) atoms. The maximum Gasteiger partial charge on any atom is 0.223 e. The fourth-order valence-electron chi connectivity index (χ4n) is 1.50. The highest BCUT2D eigenvalue weighted by atomic mass is 35.5. The van der Waals surface area contributed by atoms with E-state index >= 15 is 0 Å². The van der Waals surface area contributed by atoms with Crippen LogP contribution in [0.4, 0.5) is 0 Å². The minimum Gasteiger partial charge on any atom is -0.340 e. The lowest BCUT2D eigenvalue weighted by atomic mass is 10.2. The van der Waals surface area contributed by atoms with Gasteiger partial charge in [-0.1, -0.05) is 34.4 Å². The first-order valence-electron chi connectivity index (χ1n) is 5.57. The van der Waals surface area contributed by atoms with Crippen LogP contribution in [0.1, 0.15) is 17.3 Å². The molecule has 0 aliphatic rings. The van der Waals surface area contributed by atoms with Gasteiger partial charge < -0.3 is 4.52 Å². The van der Waals surface area contributed by atoms with Crippen molar-refractivity contribution in [3.05, 3.63) is 45.5 Å². The Morgan fingerprint density at radius 2 is 1.95 bits per heavy atom. The van der Waals surface area contributed by atoms with Crippen LogP contribution in [0.15, 0.2) is 22.7 Å². The summed E-state index contributed by atoms with van der Waals surface area (Å²) >= 11 is 11.9. The van der Waals surface area contributed by atoms with Crippen molar-refractivity contribution in [2.75, 3.05) is 0 Å². The molecule has 0 amide bonds. The van der Waals surface area contributed by atoms with Crippen LogP contribution in [-0.4, -0.2) is 18.6 Å². The Morgan fingerprint density at radius 3 is 2.50 bits per heavy atom. The van der Waals surface area contributed by atoms with Crippen LogP contribution in [0, 0.1) is 6.92 Å². The minimum absolute atomic E-state index is 0.00231. The zero-order chi connectivity index (χ0) is 14.8. The topological polar surface area (TPSA) is 85.1 Å². The van der Waals surface area contributed by atoms with Gasteiger partial charge in [0.2, 0.25) is 15.9 Å². The molecular formula is C11H11Cl2N3O3S. The molecule has 6 nitrogen and oxygen atoms in total. The molecule has 0 saturated carbocycles. The number of benzene rings is 1. The number of sulfonamides is 1. The lowest BCUT2D eigenvalue weighted by molar-refractivity contribution is 0.388. The molecule has 1 aromatic heterocycles. The SMILES string of the molecule is Cc1nc(CS(=O)(=O)NCc2c(Cl)cccc2Cl)no1. The zero-order valence-corrected chi connectivity index (χ0v) is 12.8. The monoisotopic (exact) mass is 335 g/mol. The van der Waals surface area contributed by atoms with Crippen LogP contribution in [0.5, 0.6) is 0 Å². The zero-order valence-electron chi connectivity index (χ0n) is 10.4. The smallest absolute Gasteiger partial charge is 0.223 e. The summed E-state index contributed by atoms with van der Waals surface area (Å²) in [4.78, 5) is 3.84. The van der Waals surface area contributed by atoms with E-state index in [0.717, 1.165) is 0 Å². The van der Waals surface area contributed by atoms with Crippen LogP contribution in [0.2, 0.25) is 10.0 Å². The van der Waals surface area contributed by atoms with Crippen molar-refractivity contribution in [1.29, 1.82) is 0 Å². The predicted molar refractivity (Wildman–Crippen MR) is 75.0 cm³/mol. The minimum atomic E-state index is -3.61. The molecule has 0 atom stereocenters. The van der Waals surface area contributed by atoms with Gasteiger partial charge in [0.15, 0.2) is 5.82 Å². The van der Waals surface area contributed by atoms with Crippen LogP contribution < -0.4 is 4.72 Å². The van der Waals surface area contributed by atoms with E-state index in [0.29, 0.717) is 21.5 Å².